The molecule has 0 amide bonds. The highest BCUT2D eigenvalue weighted by atomic mass is 32.2. The predicted molar refractivity (Wildman–Crippen MR) is 73.0 cm³/mol. The molecule has 102 valence electrons. The second kappa shape index (κ2) is 6.87. The van der Waals surface area contributed by atoms with E-state index in [-0.39, 0.29) is 18.4 Å². The van der Waals surface area contributed by atoms with Crippen LogP contribution in [-0.4, -0.2) is 27.8 Å². The number of hydrogen-bond donors (Lipinski definition) is 1. The number of aryl methyl sites for hydroxylation is 1. The number of rotatable bonds is 7. The summed E-state index contributed by atoms with van der Waals surface area (Å²) in [5.41, 5.74) is 2.11. The minimum absolute atomic E-state index is 0.150. The molecule has 1 aromatic carbocycles. The number of benzene rings is 1. The monoisotopic (exact) mass is 271 g/mol. The molecule has 0 radical (unpaired) electrons. The molecular weight excluding hydrogens is 250 g/mol. The van der Waals surface area contributed by atoms with Gasteiger partial charge in [0.25, 0.3) is 0 Å². The molecule has 0 aliphatic rings. The van der Waals surface area contributed by atoms with Crippen molar-refractivity contribution in [2.45, 2.75) is 26.4 Å². The van der Waals surface area contributed by atoms with E-state index in [0.717, 1.165) is 11.1 Å². The highest BCUT2D eigenvalue weighted by molar-refractivity contribution is 7.89. The lowest BCUT2D eigenvalue weighted by molar-refractivity contribution is 0.107. The lowest BCUT2D eigenvalue weighted by atomic mass is 10.0. The van der Waals surface area contributed by atoms with Gasteiger partial charge in [-0.15, -0.1) is 0 Å². The van der Waals surface area contributed by atoms with Gasteiger partial charge in [0, 0.05) is 13.7 Å². The van der Waals surface area contributed by atoms with Crippen molar-refractivity contribution in [2.75, 3.05) is 19.4 Å². The average molecular weight is 271 g/mol. The van der Waals surface area contributed by atoms with Crippen LogP contribution in [0.4, 0.5) is 0 Å². The summed E-state index contributed by atoms with van der Waals surface area (Å²) < 4.78 is 31.1. The van der Waals surface area contributed by atoms with E-state index in [9.17, 15) is 8.42 Å². The van der Waals surface area contributed by atoms with Gasteiger partial charge in [0.05, 0.1) is 11.9 Å². The van der Waals surface area contributed by atoms with Gasteiger partial charge in [-0.2, -0.15) is 0 Å². The van der Waals surface area contributed by atoms with Crippen molar-refractivity contribution in [3.05, 3.63) is 35.4 Å². The molecule has 0 aliphatic carbocycles. The van der Waals surface area contributed by atoms with E-state index >= 15 is 0 Å². The summed E-state index contributed by atoms with van der Waals surface area (Å²) in [7, 11) is -1.60. The van der Waals surface area contributed by atoms with E-state index in [2.05, 4.69) is 4.72 Å². The molecule has 1 unspecified atom stereocenters. The summed E-state index contributed by atoms with van der Waals surface area (Å²) in [6.45, 7) is 4.10. The maximum absolute atomic E-state index is 11.6. The number of ether oxygens (including phenoxy) is 1. The Kier molecular flexibility index (Phi) is 5.78. The van der Waals surface area contributed by atoms with Crippen molar-refractivity contribution < 1.29 is 13.2 Å². The molecule has 1 aromatic rings. The molecule has 1 N–H and O–H groups in total. The summed E-state index contributed by atoms with van der Waals surface area (Å²) in [5, 5.41) is 0. The van der Waals surface area contributed by atoms with Gasteiger partial charge in [-0.3, -0.25) is 0 Å². The van der Waals surface area contributed by atoms with Crippen LogP contribution in [0.3, 0.4) is 0 Å². The molecule has 5 heteroatoms. The highest BCUT2D eigenvalue weighted by Gasteiger charge is 2.16. The number of methoxy groups -OCH3 is 1. The first kappa shape index (κ1) is 15.1. The van der Waals surface area contributed by atoms with Crippen molar-refractivity contribution in [1.82, 2.24) is 4.72 Å². The molecule has 0 bridgehead atoms. The van der Waals surface area contributed by atoms with Crippen molar-refractivity contribution in [3.63, 3.8) is 0 Å². The predicted octanol–water partition coefficient (Wildman–Crippen LogP) is 2.01. The van der Waals surface area contributed by atoms with Gasteiger partial charge in [-0.1, -0.05) is 31.2 Å². The molecule has 0 spiro atoms. The Balaban J connectivity index is 2.72. The van der Waals surface area contributed by atoms with Gasteiger partial charge >= 0.3 is 0 Å². The van der Waals surface area contributed by atoms with Gasteiger partial charge in [-0.25, -0.2) is 13.1 Å². The SMILES string of the molecule is CCCS(=O)(=O)NCC(OC)c1ccccc1C. The highest BCUT2D eigenvalue weighted by Crippen LogP contribution is 2.19. The third-order valence-corrected chi connectivity index (χ3v) is 4.33. The summed E-state index contributed by atoms with van der Waals surface area (Å²) in [5.74, 6) is 0.150. The maximum atomic E-state index is 11.6. The number of sulfonamides is 1. The lowest BCUT2D eigenvalue weighted by Crippen LogP contribution is -2.31. The maximum Gasteiger partial charge on any atom is 0.211 e. The molecule has 0 saturated carbocycles. The first-order valence-electron chi connectivity index (χ1n) is 6.06. The number of nitrogens with one attached hydrogen (secondary N) is 1. The van der Waals surface area contributed by atoms with Gasteiger partial charge in [0.1, 0.15) is 0 Å². The van der Waals surface area contributed by atoms with E-state index in [1.165, 1.54) is 0 Å². The van der Waals surface area contributed by atoms with Gasteiger partial charge in [0.15, 0.2) is 0 Å². The van der Waals surface area contributed by atoms with Crippen molar-refractivity contribution in [1.29, 1.82) is 0 Å². The minimum Gasteiger partial charge on any atom is -0.375 e. The van der Waals surface area contributed by atoms with Crippen LogP contribution in [0.1, 0.15) is 30.6 Å². The second-order valence-corrected chi connectivity index (χ2v) is 6.17. The van der Waals surface area contributed by atoms with Crippen molar-refractivity contribution in [2.24, 2.45) is 0 Å². The summed E-state index contributed by atoms with van der Waals surface area (Å²) in [6, 6.07) is 7.82. The second-order valence-electron chi connectivity index (χ2n) is 4.25. The molecule has 1 rings (SSSR count). The van der Waals surface area contributed by atoms with Crippen molar-refractivity contribution >= 4 is 10.0 Å². The number of hydrogen-bond acceptors (Lipinski definition) is 3. The van der Waals surface area contributed by atoms with Gasteiger partial charge in [0.2, 0.25) is 10.0 Å². The lowest BCUT2D eigenvalue weighted by Gasteiger charge is -2.18. The van der Waals surface area contributed by atoms with Crippen LogP contribution < -0.4 is 4.72 Å². The van der Waals surface area contributed by atoms with Crippen LogP contribution in [0.5, 0.6) is 0 Å². The quantitative estimate of drug-likeness (QED) is 0.825. The van der Waals surface area contributed by atoms with Crippen molar-refractivity contribution in [3.8, 4) is 0 Å². The Morgan fingerprint density at radius 1 is 1.33 bits per heavy atom. The van der Waals surface area contributed by atoms with Crippen LogP contribution in [0.15, 0.2) is 24.3 Å². The zero-order chi connectivity index (χ0) is 13.6. The molecule has 0 heterocycles. The molecule has 0 aromatic heterocycles. The fourth-order valence-electron chi connectivity index (χ4n) is 1.81. The molecule has 0 fully saturated rings. The molecule has 0 saturated heterocycles. The zero-order valence-corrected chi connectivity index (χ0v) is 12.0. The van der Waals surface area contributed by atoms with Crippen LogP contribution in [0.25, 0.3) is 0 Å². The standard InChI is InChI=1S/C13H21NO3S/c1-4-9-18(15,16)14-10-13(17-3)12-8-6-5-7-11(12)2/h5-8,13-14H,4,9-10H2,1-3H3. The molecule has 1 atom stereocenters. The molecular formula is C13H21NO3S. The zero-order valence-electron chi connectivity index (χ0n) is 11.1. The Labute approximate surface area is 109 Å². The van der Waals surface area contributed by atoms with E-state index < -0.39 is 10.0 Å². The summed E-state index contributed by atoms with van der Waals surface area (Å²) in [4.78, 5) is 0. The molecule has 0 aliphatic heterocycles. The van der Waals surface area contributed by atoms with E-state index in [0.29, 0.717) is 6.42 Å². The fourth-order valence-corrected chi connectivity index (χ4v) is 2.90. The Morgan fingerprint density at radius 3 is 2.56 bits per heavy atom. The van der Waals surface area contributed by atoms with E-state index in [1.807, 2.05) is 38.1 Å². The summed E-state index contributed by atoms with van der Waals surface area (Å²) in [6.07, 6.45) is 0.356. The van der Waals surface area contributed by atoms with Gasteiger partial charge < -0.3 is 4.74 Å². The first-order valence-corrected chi connectivity index (χ1v) is 7.71. The van der Waals surface area contributed by atoms with Crippen LogP contribution >= 0.6 is 0 Å². The molecule has 18 heavy (non-hydrogen) atoms. The minimum atomic E-state index is -3.19. The third-order valence-electron chi connectivity index (χ3n) is 2.78. The van der Waals surface area contributed by atoms with E-state index in [1.54, 1.807) is 7.11 Å². The first-order chi connectivity index (χ1) is 8.50. The Hall–Kier alpha value is -0.910. The Morgan fingerprint density at radius 2 is 2.00 bits per heavy atom. The van der Waals surface area contributed by atoms with Gasteiger partial charge in [-0.05, 0) is 24.5 Å². The van der Waals surface area contributed by atoms with Crippen LogP contribution in [0, 0.1) is 6.92 Å². The summed E-state index contributed by atoms with van der Waals surface area (Å²) >= 11 is 0. The largest absolute Gasteiger partial charge is 0.375 e. The van der Waals surface area contributed by atoms with Crippen LogP contribution in [-0.2, 0) is 14.8 Å². The average Bonchev–Trinajstić information content (AvgIpc) is 2.32. The topological polar surface area (TPSA) is 55.4 Å². The third kappa shape index (κ3) is 4.40. The van der Waals surface area contributed by atoms with E-state index in [4.69, 9.17) is 4.74 Å². The Bertz CT molecular complexity index is 471. The normalized spacial score (nSPS) is 13.5. The van der Waals surface area contributed by atoms with Crippen LogP contribution in [0.2, 0.25) is 0 Å². The smallest absolute Gasteiger partial charge is 0.211 e. The molecule has 4 nitrogen and oxygen atoms in total. The fraction of sp³-hybridized carbons (Fsp3) is 0.538.